The maximum atomic E-state index is 13.5. The van der Waals surface area contributed by atoms with Gasteiger partial charge in [-0.15, -0.1) is 0 Å². The van der Waals surface area contributed by atoms with Gasteiger partial charge in [-0.1, -0.05) is 38.1 Å². The van der Waals surface area contributed by atoms with Crippen LogP contribution in [0.3, 0.4) is 0 Å². The number of nitrogens with zero attached hydrogens (tertiary/aromatic N) is 1. The van der Waals surface area contributed by atoms with E-state index in [0.29, 0.717) is 22.4 Å². The number of amides is 1. The maximum absolute atomic E-state index is 13.5. The minimum atomic E-state index is -4.55. The van der Waals surface area contributed by atoms with Gasteiger partial charge in [0.2, 0.25) is 0 Å². The van der Waals surface area contributed by atoms with Crippen molar-refractivity contribution < 1.29 is 32.6 Å². The second-order valence-electron chi connectivity index (χ2n) is 9.63. The second-order valence-corrected chi connectivity index (χ2v) is 9.63. The van der Waals surface area contributed by atoms with Crippen LogP contribution in [0.15, 0.2) is 66.2 Å². The minimum absolute atomic E-state index is 0.0406. The smallest absolute Gasteiger partial charge is 0.416 e. The SMILES string of the molecule is COc1cc(C)c(/C(O)=C2\C(=O)C(=O)N(c3ccc(C(F)(F)F)cc3)C2c2ccccc2C)cc1C(C)C. The first-order valence-corrected chi connectivity index (χ1v) is 12.1. The van der Waals surface area contributed by atoms with Gasteiger partial charge in [-0.05, 0) is 78.4 Å². The van der Waals surface area contributed by atoms with Crippen molar-refractivity contribution in [2.45, 2.75) is 45.8 Å². The standard InChI is InChI=1S/C30H28F3NO4/c1-16(2)22-15-23(18(4)14-24(22)38-5)27(35)25-26(21-9-7-6-8-17(21)3)34(29(37)28(25)36)20-12-10-19(11-13-20)30(31,32)33/h6-16,26,35H,1-5H3/b27-25+. The summed E-state index contributed by atoms with van der Waals surface area (Å²) in [7, 11) is 1.55. The molecule has 0 spiro atoms. The second kappa shape index (κ2) is 10.0. The number of rotatable bonds is 5. The number of aliphatic hydroxyl groups excluding tert-OH is 1. The Morgan fingerprint density at radius 2 is 1.61 bits per heavy atom. The molecule has 38 heavy (non-hydrogen) atoms. The van der Waals surface area contributed by atoms with E-state index in [0.717, 1.165) is 40.3 Å². The lowest BCUT2D eigenvalue weighted by Crippen LogP contribution is -2.29. The van der Waals surface area contributed by atoms with Crippen LogP contribution >= 0.6 is 0 Å². The van der Waals surface area contributed by atoms with E-state index in [4.69, 9.17) is 4.74 Å². The number of methoxy groups -OCH3 is 1. The minimum Gasteiger partial charge on any atom is -0.507 e. The molecule has 0 saturated carbocycles. The number of carbonyl (C=O) groups is 2. The molecule has 1 amide bonds. The molecular weight excluding hydrogens is 495 g/mol. The number of ether oxygens (including phenoxy) is 1. The number of Topliss-reactive ketones (excluding diaryl/α,β-unsaturated/α-hetero) is 1. The van der Waals surface area contributed by atoms with Gasteiger partial charge in [-0.25, -0.2) is 0 Å². The van der Waals surface area contributed by atoms with Gasteiger partial charge in [0.15, 0.2) is 0 Å². The van der Waals surface area contributed by atoms with Crippen molar-refractivity contribution in [3.63, 3.8) is 0 Å². The van der Waals surface area contributed by atoms with Crippen LogP contribution in [0.4, 0.5) is 18.9 Å². The largest absolute Gasteiger partial charge is 0.507 e. The number of carbonyl (C=O) groups excluding carboxylic acids is 2. The van der Waals surface area contributed by atoms with E-state index >= 15 is 0 Å². The Labute approximate surface area is 219 Å². The van der Waals surface area contributed by atoms with E-state index in [2.05, 4.69) is 0 Å². The summed E-state index contributed by atoms with van der Waals surface area (Å²) in [5.41, 5.74) is 2.24. The van der Waals surface area contributed by atoms with E-state index in [9.17, 15) is 27.9 Å². The molecule has 198 valence electrons. The highest BCUT2D eigenvalue weighted by atomic mass is 19.4. The number of hydrogen-bond donors (Lipinski definition) is 1. The summed E-state index contributed by atoms with van der Waals surface area (Å²) in [6, 6.07) is 13.6. The zero-order valence-corrected chi connectivity index (χ0v) is 21.7. The van der Waals surface area contributed by atoms with Crippen LogP contribution in [0.1, 0.15) is 59.2 Å². The molecule has 0 aliphatic carbocycles. The van der Waals surface area contributed by atoms with Crippen molar-refractivity contribution >= 4 is 23.1 Å². The van der Waals surface area contributed by atoms with Crippen LogP contribution in [0.5, 0.6) is 5.75 Å². The summed E-state index contributed by atoms with van der Waals surface area (Å²) in [6.07, 6.45) is -4.55. The zero-order valence-electron chi connectivity index (χ0n) is 21.7. The first kappa shape index (κ1) is 27.0. The molecule has 4 rings (SSSR count). The molecule has 3 aromatic rings. The molecule has 0 aromatic heterocycles. The molecule has 1 unspecified atom stereocenters. The predicted octanol–water partition coefficient (Wildman–Crippen LogP) is 7.08. The Hall–Kier alpha value is -4.07. The summed E-state index contributed by atoms with van der Waals surface area (Å²) < 4.78 is 45.0. The van der Waals surface area contributed by atoms with Crippen molar-refractivity contribution in [3.8, 4) is 5.75 Å². The van der Waals surface area contributed by atoms with Crippen molar-refractivity contribution in [1.29, 1.82) is 0 Å². The number of halogens is 3. The van der Waals surface area contributed by atoms with Crippen LogP contribution < -0.4 is 9.64 Å². The lowest BCUT2D eigenvalue weighted by Gasteiger charge is -2.27. The quantitative estimate of drug-likeness (QED) is 0.220. The predicted molar refractivity (Wildman–Crippen MR) is 139 cm³/mol. The third-order valence-corrected chi connectivity index (χ3v) is 6.85. The number of ketones is 1. The molecule has 1 saturated heterocycles. The molecule has 1 atom stereocenters. The summed E-state index contributed by atoms with van der Waals surface area (Å²) in [5.74, 6) is -1.53. The topological polar surface area (TPSA) is 66.8 Å². The first-order valence-electron chi connectivity index (χ1n) is 12.1. The average Bonchev–Trinajstić information content (AvgIpc) is 3.13. The fourth-order valence-electron chi connectivity index (χ4n) is 4.82. The third-order valence-electron chi connectivity index (χ3n) is 6.85. The summed E-state index contributed by atoms with van der Waals surface area (Å²) in [5, 5.41) is 11.6. The van der Waals surface area contributed by atoms with Crippen molar-refractivity contribution in [3.05, 3.63) is 99.6 Å². The highest BCUT2D eigenvalue weighted by molar-refractivity contribution is 6.51. The highest BCUT2D eigenvalue weighted by Gasteiger charge is 2.47. The summed E-state index contributed by atoms with van der Waals surface area (Å²) >= 11 is 0. The monoisotopic (exact) mass is 523 g/mol. The van der Waals surface area contributed by atoms with Crippen LogP contribution in [-0.4, -0.2) is 23.9 Å². The molecule has 1 N–H and O–H groups in total. The van der Waals surface area contributed by atoms with Crippen LogP contribution in [-0.2, 0) is 15.8 Å². The molecule has 0 bridgehead atoms. The fourth-order valence-corrected chi connectivity index (χ4v) is 4.82. The van der Waals surface area contributed by atoms with Crippen molar-refractivity contribution in [1.82, 2.24) is 0 Å². The molecule has 1 fully saturated rings. The number of benzene rings is 3. The zero-order chi connectivity index (χ0) is 27.9. The van der Waals surface area contributed by atoms with Crippen LogP contribution in [0.2, 0.25) is 0 Å². The average molecular weight is 524 g/mol. The Balaban J connectivity index is 1.97. The third kappa shape index (κ3) is 4.66. The summed E-state index contributed by atoms with van der Waals surface area (Å²) in [4.78, 5) is 28.0. The van der Waals surface area contributed by atoms with Crippen molar-refractivity contribution in [2.75, 3.05) is 12.0 Å². The Morgan fingerprint density at radius 3 is 2.16 bits per heavy atom. The molecule has 1 aliphatic heterocycles. The van der Waals surface area contributed by atoms with Crippen molar-refractivity contribution in [2.24, 2.45) is 0 Å². The number of alkyl halides is 3. The lowest BCUT2D eigenvalue weighted by molar-refractivity contribution is -0.137. The van der Waals surface area contributed by atoms with E-state index in [1.54, 1.807) is 57.4 Å². The number of hydrogen-bond acceptors (Lipinski definition) is 4. The van der Waals surface area contributed by atoms with Gasteiger partial charge in [0.25, 0.3) is 11.7 Å². The number of aliphatic hydroxyl groups is 1. The van der Waals surface area contributed by atoms with Gasteiger partial charge in [-0.2, -0.15) is 13.2 Å². The van der Waals surface area contributed by atoms with E-state index in [1.807, 2.05) is 13.8 Å². The van der Waals surface area contributed by atoms with Gasteiger partial charge in [-0.3, -0.25) is 14.5 Å². The molecule has 1 aliphatic rings. The number of aryl methyl sites for hydroxylation is 2. The van der Waals surface area contributed by atoms with Crippen LogP contribution in [0.25, 0.3) is 5.76 Å². The van der Waals surface area contributed by atoms with Gasteiger partial charge in [0.1, 0.15) is 11.5 Å². The molecule has 8 heteroatoms. The molecule has 3 aromatic carbocycles. The van der Waals surface area contributed by atoms with E-state index in [-0.39, 0.29) is 22.9 Å². The first-order chi connectivity index (χ1) is 17.9. The molecule has 1 heterocycles. The fraction of sp³-hybridized carbons (Fsp3) is 0.267. The molecule has 0 radical (unpaired) electrons. The van der Waals surface area contributed by atoms with E-state index in [1.165, 1.54) is 0 Å². The Morgan fingerprint density at radius 1 is 0.974 bits per heavy atom. The van der Waals surface area contributed by atoms with E-state index < -0.39 is 29.5 Å². The van der Waals surface area contributed by atoms with Crippen LogP contribution in [0, 0.1) is 13.8 Å². The van der Waals surface area contributed by atoms with Gasteiger partial charge in [0, 0.05) is 11.3 Å². The normalized spacial score (nSPS) is 17.4. The lowest BCUT2D eigenvalue weighted by atomic mass is 9.89. The van der Waals surface area contributed by atoms with Gasteiger partial charge in [0.05, 0.1) is 24.3 Å². The summed E-state index contributed by atoms with van der Waals surface area (Å²) in [6.45, 7) is 7.50. The highest BCUT2D eigenvalue weighted by Crippen LogP contribution is 2.44. The Kier molecular flexibility index (Phi) is 7.10. The van der Waals surface area contributed by atoms with Gasteiger partial charge >= 0.3 is 6.18 Å². The molecule has 5 nitrogen and oxygen atoms in total. The van der Waals surface area contributed by atoms with Gasteiger partial charge < -0.3 is 9.84 Å². The maximum Gasteiger partial charge on any atom is 0.416 e. The number of anilines is 1. The Bertz CT molecular complexity index is 1440. The molecular formula is C30H28F3NO4.